The van der Waals surface area contributed by atoms with Crippen LogP contribution in [0.1, 0.15) is 22.8 Å². The topological polar surface area (TPSA) is 89.6 Å². The first-order valence-corrected chi connectivity index (χ1v) is 5.22. The van der Waals surface area contributed by atoms with Gasteiger partial charge in [0.15, 0.2) is 6.10 Å². The number of ether oxygens (including phenoxy) is 1. The molecule has 17 heavy (non-hydrogen) atoms. The van der Waals surface area contributed by atoms with E-state index in [0.29, 0.717) is 16.1 Å². The molecule has 5 nitrogen and oxygen atoms in total. The molecule has 0 aliphatic carbocycles. The van der Waals surface area contributed by atoms with Gasteiger partial charge in [-0.1, -0.05) is 17.7 Å². The summed E-state index contributed by atoms with van der Waals surface area (Å²) in [6.45, 7) is 1.49. The highest BCUT2D eigenvalue weighted by Gasteiger charge is 2.12. The van der Waals surface area contributed by atoms with E-state index in [4.69, 9.17) is 27.2 Å². The number of carboxylic acid groups (broad SMARTS) is 1. The maximum atomic E-state index is 10.9. The summed E-state index contributed by atoms with van der Waals surface area (Å²) in [5, 5.41) is 8.95. The number of rotatable bonds is 5. The minimum absolute atomic E-state index is 0.0609. The summed E-state index contributed by atoms with van der Waals surface area (Å²) in [6, 6.07) is 4.52. The van der Waals surface area contributed by atoms with Gasteiger partial charge in [-0.15, -0.1) is 0 Å². The summed E-state index contributed by atoms with van der Waals surface area (Å²) in [4.78, 5) is 21.4. The average molecular weight is 258 g/mol. The Bertz CT molecular complexity index is 447. The molecule has 0 bridgehead atoms. The monoisotopic (exact) mass is 257 g/mol. The number of carboxylic acids is 1. The molecule has 1 rings (SSSR count). The minimum atomic E-state index is -1.05. The first-order chi connectivity index (χ1) is 7.91. The maximum Gasteiger partial charge on any atom is 0.332 e. The Morgan fingerprint density at radius 2 is 2.18 bits per heavy atom. The van der Waals surface area contributed by atoms with Crippen molar-refractivity contribution in [3.63, 3.8) is 0 Å². The van der Waals surface area contributed by atoms with Crippen LogP contribution in [-0.4, -0.2) is 23.1 Å². The lowest BCUT2D eigenvalue weighted by atomic mass is 10.1. The number of nitrogens with two attached hydrogens (primary N) is 1. The molecule has 0 radical (unpaired) electrons. The number of carbonyl (C=O) groups is 2. The molecule has 0 saturated carbocycles. The van der Waals surface area contributed by atoms with Gasteiger partial charge in [0.1, 0.15) is 0 Å². The summed E-state index contributed by atoms with van der Waals surface area (Å²) in [5.74, 6) is -1.62. The average Bonchev–Trinajstić information content (AvgIpc) is 2.26. The van der Waals surface area contributed by atoms with E-state index >= 15 is 0 Å². The van der Waals surface area contributed by atoms with Gasteiger partial charge in [0.2, 0.25) is 5.91 Å². The van der Waals surface area contributed by atoms with Crippen LogP contribution in [-0.2, 0) is 16.1 Å². The molecule has 1 unspecified atom stereocenters. The van der Waals surface area contributed by atoms with Crippen molar-refractivity contribution in [2.75, 3.05) is 0 Å². The number of halogens is 1. The molecule has 1 aromatic rings. The fourth-order valence-corrected chi connectivity index (χ4v) is 1.34. The van der Waals surface area contributed by atoms with Crippen LogP contribution < -0.4 is 5.73 Å². The van der Waals surface area contributed by atoms with Crippen LogP contribution in [0.3, 0.4) is 0 Å². The quantitative estimate of drug-likeness (QED) is 0.835. The Balaban J connectivity index is 2.73. The predicted molar refractivity (Wildman–Crippen MR) is 61.9 cm³/mol. The molecule has 0 fully saturated rings. The lowest BCUT2D eigenvalue weighted by Crippen LogP contribution is -2.19. The van der Waals surface area contributed by atoms with E-state index in [1.807, 2.05) is 0 Å². The number of primary amides is 1. The predicted octanol–water partition coefficient (Wildman–Crippen LogP) is 1.43. The first kappa shape index (κ1) is 13.5. The van der Waals surface area contributed by atoms with Gasteiger partial charge in [0.25, 0.3) is 0 Å². The second-order valence-corrected chi connectivity index (χ2v) is 3.87. The van der Waals surface area contributed by atoms with Crippen molar-refractivity contribution >= 4 is 23.5 Å². The van der Waals surface area contributed by atoms with E-state index in [2.05, 4.69) is 0 Å². The van der Waals surface area contributed by atoms with Crippen LogP contribution in [0.5, 0.6) is 0 Å². The molecule has 0 saturated heterocycles. The zero-order valence-electron chi connectivity index (χ0n) is 9.14. The Morgan fingerprint density at radius 3 is 2.65 bits per heavy atom. The maximum absolute atomic E-state index is 10.9. The summed E-state index contributed by atoms with van der Waals surface area (Å²) < 4.78 is 5.07. The number of hydrogen-bond donors (Lipinski definition) is 2. The smallest absolute Gasteiger partial charge is 0.332 e. The van der Waals surface area contributed by atoms with Crippen LogP contribution in [0.25, 0.3) is 0 Å². The van der Waals surface area contributed by atoms with Crippen molar-refractivity contribution in [1.82, 2.24) is 0 Å². The molecular formula is C11H12ClNO4. The van der Waals surface area contributed by atoms with Gasteiger partial charge in [-0.25, -0.2) is 4.79 Å². The molecule has 0 aliphatic heterocycles. The molecule has 3 N–H and O–H groups in total. The molecule has 92 valence electrons. The molecule has 0 heterocycles. The van der Waals surface area contributed by atoms with Crippen molar-refractivity contribution < 1.29 is 19.4 Å². The van der Waals surface area contributed by atoms with Crippen molar-refractivity contribution in [2.45, 2.75) is 19.6 Å². The summed E-state index contributed by atoms with van der Waals surface area (Å²) in [7, 11) is 0. The van der Waals surface area contributed by atoms with Crippen LogP contribution in [0, 0.1) is 0 Å². The molecule has 0 spiro atoms. The normalized spacial score (nSPS) is 12.1. The second kappa shape index (κ2) is 5.65. The van der Waals surface area contributed by atoms with Crippen molar-refractivity contribution in [3.8, 4) is 0 Å². The fraction of sp³-hybridized carbons (Fsp3) is 0.273. The third-order valence-electron chi connectivity index (χ3n) is 2.17. The molecule has 1 atom stereocenters. The van der Waals surface area contributed by atoms with E-state index in [1.165, 1.54) is 19.1 Å². The van der Waals surface area contributed by atoms with E-state index in [1.54, 1.807) is 6.07 Å². The SMILES string of the molecule is CC(OCc1ccc(C(N)=O)cc1Cl)C(=O)O. The molecule has 6 heteroatoms. The molecule has 1 aromatic carbocycles. The molecule has 0 aliphatic rings. The van der Waals surface area contributed by atoms with E-state index in [-0.39, 0.29) is 6.61 Å². The van der Waals surface area contributed by atoms with Crippen molar-refractivity contribution in [2.24, 2.45) is 5.73 Å². The van der Waals surface area contributed by atoms with Gasteiger partial charge >= 0.3 is 5.97 Å². The highest BCUT2D eigenvalue weighted by atomic mass is 35.5. The third-order valence-corrected chi connectivity index (χ3v) is 2.53. The Kier molecular flexibility index (Phi) is 4.48. The molecule has 0 aromatic heterocycles. The zero-order chi connectivity index (χ0) is 13.0. The Hall–Kier alpha value is -1.59. The lowest BCUT2D eigenvalue weighted by Gasteiger charge is -2.10. The highest BCUT2D eigenvalue weighted by molar-refractivity contribution is 6.31. The van der Waals surface area contributed by atoms with Crippen LogP contribution >= 0.6 is 11.6 Å². The standard InChI is InChI=1S/C11H12ClNO4/c1-6(11(15)16)17-5-8-3-2-7(10(13)14)4-9(8)12/h2-4,6H,5H2,1H3,(H2,13,14)(H,15,16). The van der Waals surface area contributed by atoms with Crippen LogP contribution in [0.4, 0.5) is 0 Å². The van der Waals surface area contributed by atoms with Gasteiger partial charge in [0, 0.05) is 10.6 Å². The summed E-state index contributed by atoms with van der Waals surface area (Å²) in [5.41, 5.74) is 5.99. The van der Waals surface area contributed by atoms with E-state index in [0.717, 1.165) is 0 Å². The Labute approximate surface area is 103 Å². The van der Waals surface area contributed by atoms with Crippen LogP contribution in [0.2, 0.25) is 5.02 Å². The van der Waals surface area contributed by atoms with E-state index < -0.39 is 18.0 Å². The summed E-state index contributed by atoms with van der Waals surface area (Å²) >= 11 is 5.90. The Morgan fingerprint density at radius 1 is 1.53 bits per heavy atom. The highest BCUT2D eigenvalue weighted by Crippen LogP contribution is 2.19. The molecule has 1 amide bonds. The second-order valence-electron chi connectivity index (χ2n) is 3.46. The van der Waals surface area contributed by atoms with Gasteiger partial charge in [-0.2, -0.15) is 0 Å². The number of amides is 1. The van der Waals surface area contributed by atoms with Gasteiger partial charge < -0.3 is 15.6 Å². The van der Waals surface area contributed by atoms with Crippen molar-refractivity contribution in [3.05, 3.63) is 34.3 Å². The largest absolute Gasteiger partial charge is 0.479 e. The first-order valence-electron chi connectivity index (χ1n) is 4.84. The third kappa shape index (κ3) is 3.72. The van der Waals surface area contributed by atoms with Crippen LogP contribution in [0.15, 0.2) is 18.2 Å². The molecular weight excluding hydrogens is 246 g/mol. The number of hydrogen-bond acceptors (Lipinski definition) is 3. The number of benzene rings is 1. The number of aliphatic carboxylic acids is 1. The van der Waals surface area contributed by atoms with Gasteiger partial charge in [-0.3, -0.25) is 4.79 Å². The van der Waals surface area contributed by atoms with Gasteiger partial charge in [-0.05, 0) is 24.6 Å². The fourth-order valence-electron chi connectivity index (χ4n) is 1.10. The van der Waals surface area contributed by atoms with Crippen molar-refractivity contribution in [1.29, 1.82) is 0 Å². The van der Waals surface area contributed by atoms with E-state index in [9.17, 15) is 9.59 Å². The minimum Gasteiger partial charge on any atom is -0.479 e. The number of carbonyl (C=O) groups excluding carboxylic acids is 1. The summed E-state index contributed by atoms with van der Waals surface area (Å²) in [6.07, 6.45) is -0.915. The zero-order valence-corrected chi connectivity index (χ0v) is 9.90. The lowest BCUT2D eigenvalue weighted by molar-refractivity contribution is -0.149. The van der Waals surface area contributed by atoms with Gasteiger partial charge in [0.05, 0.1) is 6.61 Å².